The van der Waals surface area contributed by atoms with Crippen molar-refractivity contribution in [1.82, 2.24) is 10.6 Å². The van der Waals surface area contributed by atoms with Gasteiger partial charge in [-0.15, -0.1) is 24.0 Å². The van der Waals surface area contributed by atoms with Crippen molar-refractivity contribution in [2.75, 3.05) is 14.2 Å². The molecule has 0 unspecified atom stereocenters. The van der Waals surface area contributed by atoms with Crippen LogP contribution in [0.1, 0.15) is 27.0 Å². The molecule has 0 aliphatic rings. The van der Waals surface area contributed by atoms with Gasteiger partial charge in [0, 0.05) is 31.3 Å². The number of carbonyl (C=O) groups excluding carboxylic acids is 1. The van der Waals surface area contributed by atoms with Crippen LogP contribution in [0.25, 0.3) is 0 Å². The minimum Gasteiger partial charge on any atom is -0.496 e. The second-order valence-corrected chi connectivity index (χ2v) is 5.66. The second kappa shape index (κ2) is 10.6. The molecule has 0 radical (unpaired) electrons. The minimum atomic E-state index is -0.434. The number of hydrogen-bond donors (Lipinski definition) is 3. The predicted molar refractivity (Wildman–Crippen MR) is 115 cm³/mol. The lowest BCUT2D eigenvalue weighted by atomic mass is 10.1. The van der Waals surface area contributed by atoms with Crippen molar-refractivity contribution in [3.05, 3.63) is 64.7 Å². The highest BCUT2D eigenvalue weighted by atomic mass is 127. The number of aliphatic imine (C=N–C) groups is 1. The molecular weight excluding hydrogens is 443 g/mol. The highest BCUT2D eigenvalue weighted by molar-refractivity contribution is 14.0. The summed E-state index contributed by atoms with van der Waals surface area (Å²) in [4.78, 5) is 15.5. The Morgan fingerprint density at radius 3 is 2.54 bits per heavy atom. The number of carbonyl (C=O) groups is 1. The van der Waals surface area contributed by atoms with E-state index in [-0.39, 0.29) is 24.0 Å². The highest BCUT2D eigenvalue weighted by Gasteiger charge is 2.06. The normalized spacial score (nSPS) is 10.7. The Labute approximate surface area is 171 Å². The van der Waals surface area contributed by atoms with E-state index < -0.39 is 5.91 Å². The number of hydrogen-bond acceptors (Lipinski definition) is 3. The smallest absolute Gasteiger partial charge is 0.248 e. The van der Waals surface area contributed by atoms with E-state index in [1.165, 1.54) is 0 Å². The summed E-state index contributed by atoms with van der Waals surface area (Å²) in [5, 5.41) is 6.47. The zero-order valence-corrected chi connectivity index (χ0v) is 17.5. The SMILES string of the molecule is CN=C(NCc1cccc(C(N)=O)c1)NCc1ccc(C)cc1OC.I. The van der Waals surface area contributed by atoms with Gasteiger partial charge >= 0.3 is 0 Å². The topological polar surface area (TPSA) is 88.7 Å². The predicted octanol–water partition coefficient (Wildman–Crippen LogP) is 2.59. The molecular formula is C19H25IN4O2. The third kappa shape index (κ3) is 6.21. The first-order chi connectivity index (χ1) is 12.0. The first-order valence-corrected chi connectivity index (χ1v) is 8.00. The van der Waals surface area contributed by atoms with Crippen LogP contribution in [-0.4, -0.2) is 26.0 Å². The van der Waals surface area contributed by atoms with Crippen LogP contribution in [0.4, 0.5) is 0 Å². The Kier molecular flexibility index (Phi) is 8.91. The Hall–Kier alpha value is -2.29. The number of aryl methyl sites for hydroxylation is 1. The van der Waals surface area contributed by atoms with Crippen molar-refractivity contribution in [3.63, 3.8) is 0 Å². The zero-order chi connectivity index (χ0) is 18.2. The van der Waals surface area contributed by atoms with Crippen molar-refractivity contribution in [2.45, 2.75) is 20.0 Å². The van der Waals surface area contributed by atoms with Crippen LogP contribution in [0.2, 0.25) is 0 Å². The molecule has 2 aromatic rings. The molecule has 0 aliphatic carbocycles. The van der Waals surface area contributed by atoms with E-state index >= 15 is 0 Å². The molecule has 140 valence electrons. The number of methoxy groups -OCH3 is 1. The van der Waals surface area contributed by atoms with Crippen molar-refractivity contribution in [1.29, 1.82) is 0 Å². The molecule has 0 bridgehead atoms. The Morgan fingerprint density at radius 1 is 1.15 bits per heavy atom. The summed E-state index contributed by atoms with van der Waals surface area (Å²) in [6.45, 7) is 3.15. The number of guanidine groups is 1. The zero-order valence-electron chi connectivity index (χ0n) is 15.2. The quantitative estimate of drug-likeness (QED) is 0.346. The van der Waals surface area contributed by atoms with Crippen molar-refractivity contribution in [3.8, 4) is 5.75 Å². The van der Waals surface area contributed by atoms with Gasteiger partial charge in [0.1, 0.15) is 5.75 Å². The van der Waals surface area contributed by atoms with Crippen LogP contribution < -0.4 is 21.1 Å². The maximum absolute atomic E-state index is 11.2. The summed E-state index contributed by atoms with van der Waals surface area (Å²) in [5.41, 5.74) is 8.95. The number of primary amides is 1. The Balaban J connectivity index is 0.00000338. The van der Waals surface area contributed by atoms with E-state index in [0.29, 0.717) is 24.6 Å². The van der Waals surface area contributed by atoms with Crippen LogP contribution in [0.3, 0.4) is 0 Å². The van der Waals surface area contributed by atoms with Gasteiger partial charge < -0.3 is 21.1 Å². The van der Waals surface area contributed by atoms with Gasteiger partial charge in [0.05, 0.1) is 7.11 Å². The number of nitrogens with one attached hydrogen (secondary N) is 2. The lowest BCUT2D eigenvalue weighted by molar-refractivity contribution is 0.1000. The molecule has 0 fully saturated rings. The van der Waals surface area contributed by atoms with E-state index in [9.17, 15) is 4.79 Å². The van der Waals surface area contributed by atoms with E-state index in [1.54, 1.807) is 26.3 Å². The number of amides is 1. The van der Waals surface area contributed by atoms with Crippen LogP contribution in [0, 0.1) is 6.92 Å². The van der Waals surface area contributed by atoms with E-state index in [4.69, 9.17) is 10.5 Å². The van der Waals surface area contributed by atoms with Crippen molar-refractivity contribution >= 4 is 35.8 Å². The summed E-state index contributed by atoms with van der Waals surface area (Å²) < 4.78 is 5.41. The number of benzene rings is 2. The molecule has 26 heavy (non-hydrogen) atoms. The molecule has 1 amide bonds. The Bertz CT molecular complexity index is 778. The monoisotopic (exact) mass is 468 g/mol. The van der Waals surface area contributed by atoms with Gasteiger partial charge in [-0.1, -0.05) is 24.3 Å². The largest absolute Gasteiger partial charge is 0.496 e. The van der Waals surface area contributed by atoms with Gasteiger partial charge in [0.2, 0.25) is 5.91 Å². The molecule has 2 aromatic carbocycles. The second-order valence-electron chi connectivity index (χ2n) is 5.66. The number of rotatable bonds is 6. The van der Waals surface area contributed by atoms with Crippen LogP contribution in [0.15, 0.2) is 47.5 Å². The van der Waals surface area contributed by atoms with E-state index in [1.807, 2.05) is 37.3 Å². The van der Waals surface area contributed by atoms with E-state index in [0.717, 1.165) is 22.4 Å². The molecule has 0 aromatic heterocycles. The third-order valence-electron chi connectivity index (χ3n) is 3.78. The van der Waals surface area contributed by atoms with Crippen LogP contribution in [-0.2, 0) is 13.1 Å². The average Bonchev–Trinajstić information content (AvgIpc) is 2.62. The summed E-state index contributed by atoms with van der Waals surface area (Å²) in [7, 11) is 3.37. The van der Waals surface area contributed by atoms with Gasteiger partial charge in [0.25, 0.3) is 0 Å². The lowest BCUT2D eigenvalue weighted by Gasteiger charge is -2.14. The van der Waals surface area contributed by atoms with E-state index in [2.05, 4.69) is 15.6 Å². The molecule has 6 nitrogen and oxygen atoms in total. The van der Waals surface area contributed by atoms with Gasteiger partial charge in [-0.05, 0) is 36.2 Å². The molecule has 0 saturated heterocycles. The highest BCUT2D eigenvalue weighted by Crippen LogP contribution is 2.19. The summed E-state index contributed by atoms with van der Waals surface area (Å²) >= 11 is 0. The first-order valence-electron chi connectivity index (χ1n) is 8.00. The minimum absolute atomic E-state index is 0. The molecule has 0 heterocycles. The molecule has 2 rings (SSSR count). The van der Waals surface area contributed by atoms with Gasteiger partial charge in [0.15, 0.2) is 5.96 Å². The maximum atomic E-state index is 11.2. The number of ether oxygens (including phenoxy) is 1. The van der Waals surface area contributed by atoms with Gasteiger partial charge in [-0.3, -0.25) is 9.79 Å². The van der Waals surface area contributed by atoms with Gasteiger partial charge in [-0.25, -0.2) is 0 Å². The molecule has 7 heteroatoms. The van der Waals surface area contributed by atoms with Gasteiger partial charge in [-0.2, -0.15) is 0 Å². The summed E-state index contributed by atoms with van der Waals surface area (Å²) in [6.07, 6.45) is 0. The lowest BCUT2D eigenvalue weighted by Crippen LogP contribution is -2.36. The Morgan fingerprint density at radius 2 is 1.88 bits per heavy atom. The van der Waals surface area contributed by atoms with Crippen LogP contribution in [0.5, 0.6) is 5.75 Å². The van der Waals surface area contributed by atoms with Crippen molar-refractivity contribution in [2.24, 2.45) is 10.7 Å². The maximum Gasteiger partial charge on any atom is 0.248 e. The fourth-order valence-electron chi connectivity index (χ4n) is 2.42. The fraction of sp³-hybridized carbons (Fsp3) is 0.263. The number of halogens is 1. The first kappa shape index (κ1) is 21.8. The summed E-state index contributed by atoms with van der Waals surface area (Å²) in [6, 6.07) is 13.3. The van der Waals surface area contributed by atoms with Crippen LogP contribution >= 0.6 is 24.0 Å². The number of nitrogens with two attached hydrogens (primary N) is 1. The number of nitrogens with zero attached hydrogens (tertiary/aromatic N) is 1. The fourth-order valence-corrected chi connectivity index (χ4v) is 2.42. The molecule has 0 atom stereocenters. The molecule has 0 aliphatic heterocycles. The standard InChI is InChI=1S/C19H24N4O2.HI/c1-13-7-8-16(17(9-13)25-3)12-23-19(21-2)22-11-14-5-4-6-15(10-14)18(20)24;/h4-10H,11-12H2,1-3H3,(H2,20,24)(H2,21,22,23);1H. The summed E-state index contributed by atoms with van der Waals surface area (Å²) in [5.74, 6) is 1.07. The molecule has 0 saturated carbocycles. The van der Waals surface area contributed by atoms with Crippen molar-refractivity contribution < 1.29 is 9.53 Å². The molecule has 4 N–H and O–H groups in total. The average molecular weight is 468 g/mol. The molecule has 0 spiro atoms. The third-order valence-corrected chi connectivity index (χ3v) is 3.78.